The van der Waals surface area contributed by atoms with E-state index in [1.165, 1.54) is 0 Å². The quantitative estimate of drug-likeness (QED) is 0.917. The van der Waals surface area contributed by atoms with E-state index in [1.54, 1.807) is 4.90 Å². The van der Waals surface area contributed by atoms with Crippen LogP contribution in [0.5, 0.6) is 0 Å². The molecule has 0 aromatic heterocycles. The van der Waals surface area contributed by atoms with E-state index < -0.39 is 0 Å². The molecule has 1 fully saturated rings. The van der Waals surface area contributed by atoms with E-state index in [0.29, 0.717) is 13.0 Å². The SMILES string of the molecule is CC(NC(=O)CN1CCCCC1=O)c1ccccc1Br. The average molecular weight is 339 g/mol. The molecule has 0 spiro atoms. The van der Waals surface area contributed by atoms with Crippen LogP contribution >= 0.6 is 15.9 Å². The summed E-state index contributed by atoms with van der Waals surface area (Å²) < 4.78 is 0.974. The number of rotatable bonds is 4. The molecular formula is C15H19BrN2O2. The zero-order valence-electron chi connectivity index (χ0n) is 11.6. The second-order valence-electron chi connectivity index (χ2n) is 5.08. The van der Waals surface area contributed by atoms with Gasteiger partial charge in [0.25, 0.3) is 0 Å². The number of nitrogens with one attached hydrogen (secondary N) is 1. The lowest BCUT2D eigenvalue weighted by Gasteiger charge is -2.26. The second kappa shape index (κ2) is 6.88. The molecule has 1 heterocycles. The Morgan fingerprint density at radius 3 is 2.85 bits per heavy atom. The molecule has 4 nitrogen and oxygen atoms in total. The van der Waals surface area contributed by atoms with E-state index in [-0.39, 0.29) is 24.4 Å². The summed E-state index contributed by atoms with van der Waals surface area (Å²) in [7, 11) is 0. The highest BCUT2D eigenvalue weighted by atomic mass is 79.9. The highest BCUT2D eigenvalue weighted by molar-refractivity contribution is 9.10. The van der Waals surface area contributed by atoms with E-state index in [0.717, 1.165) is 22.9 Å². The fourth-order valence-corrected chi connectivity index (χ4v) is 3.02. The normalized spacial score (nSPS) is 16.9. The van der Waals surface area contributed by atoms with Crippen LogP contribution in [0, 0.1) is 0 Å². The maximum absolute atomic E-state index is 12.0. The molecule has 1 N–H and O–H groups in total. The average Bonchev–Trinajstić information content (AvgIpc) is 2.41. The largest absolute Gasteiger partial charge is 0.348 e. The van der Waals surface area contributed by atoms with Gasteiger partial charge in [-0.25, -0.2) is 0 Å². The van der Waals surface area contributed by atoms with Crippen molar-refractivity contribution in [2.24, 2.45) is 0 Å². The van der Waals surface area contributed by atoms with E-state index in [4.69, 9.17) is 0 Å². The maximum Gasteiger partial charge on any atom is 0.240 e. The molecule has 108 valence electrons. The van der Waals surface area contributed by atoms with Gasteiger partial charge in [-0.05, 0) is 31.4 Å². The third-order valence-electron chi connectivity index (χ3n) is 3.51. The van der Waals surface area contributed by atoms with Gasteiger partial charge >= 0.3 is 0 Å². The van der Waals surface area contributed by atoms with Gasteiger partial charge in [0.15, 0.2) is 0 Å². The van der Waals surface area contributed by atoms with E-state index in [1.807, 2.05) is 31.2 Å². The van der Waals surface area contributed by atoms with E-state index in [2.05, 4.69) is 21.2 Å². The first-order chi connectivity index (χ1) is 9.58. The van der Waals surface area contributed by atoms with Crippen molar-refractivity contribution in [2.45, 2.75) is 32.2 Å². The van der Waals surface area contributed by atoms with E-state index >= 15 is 0 Å². The molecule has 2 amide bonds. The zero-order valence-corrected chi connectivity index (χ0v) is 13.1. The second-order valence-corrected chi connectivity index (χ2v) is 5.94. The van der Waals surface area contributed by atoms with Gasteiger partial charge in [0.1, 0.15) is 0 Å². The Bertz CT molecular complexity index is 504. The molecule has 0 aliphatic carbocycles. The molecule has 1 saturated heterocycles. The summed E-state index contributed by atoms with van der Waals surface area (Å²) in [6, 6.07) is 7.72. The first-order valence-electron chi connectivity index (χ1n) is 6.89. The van der Waals surface area contributed by atoms with Gasteiger partial charge in [-0.3, -0.25) is 9.59 Å². The van der Waals surface area contributed by atoms with Gasteiger partial charge < -0.3 is 10.2 Å². The molecule has 1 atom stereocenters. The Labute approximate surface area is 127 Å². The summed E-state index contributed by atoms with van der Waals surface area (Å²) in [6.07, 6.45) is 2.48. The minimum Gasteiger partial charge on any atom is -0.348 e. The number of benzene rings is 1. The van der Waals surface area contributed by atoms with Crippen LogP contribution in [0.3, 0.4) is 0 Å². The zero-order chi connectivity index (χ0) is 14.5. The Kier molecular flexibility index (Phi) is 5.17. The number of hydrogen-bond donors (Lipinski definition) is 1. The number of carbonyl (C=O) groups excluding carboxylic acids is 2. The maximum atomic E-state index is 12.0. The highest BCUT2D eigenvalue weighted by Crippen LogP contribution is 2.22. The molecule has 1 aromatic carbocycles. The number of amides is 2. The molecule has 0 radical (unpaired) electrons. The van der Waals surface area contributed by atoms with Gasteiger partial charge in [-0.1, -0.05) is 34.1 Å². The summed E-state index contributed by atoms with van der Waals surface area (Å²) in [5, 5.41) is 2.94. The molecule has 0 bridgehead atoms. The van der Waals surface area contributed by atoms with Crippen molar-refractivity contribution in [3.8, 4) is 0 Å². The highest BCUT2D eigenvalue weighted by Gasteiger charge is 2.21. The lowest BCUT2D eigenvalue weighted by atomic mass is 10.1. The summed E-state index contributed by atoms with van der Waals surface area (Å²) in [4.78, 5) is 25.4. The first kappa shape index (κ1) is 15.0. The first-order valence-corrected chi connectivity index (χ1v) is 7.69. The minimum atomic E-state index is -0.108. The fraction of sp³-hybridized carbons (Fsp3) is 0.467. The van der Waals surface area contributed by atoms with Crippen LogP contribution in [0.2, 0.25) is 0 Å². The van der Waals surface area contributed by atoms with Gasteiger partial charge in [0, 0.05) is 17.4 Å². The van der Waals surface area contributed by atoms with Crippen molar-refractivity contribution in [1.82, 2.24) is 10.2 Å². The Morgan fingerprint density at radius 2 is 2.15 bits per heavy atom. The molecule has 0 saturated carbocycles. The Morgan fingerprint density at radius 1 is 1.40 bits per heavy atom. The number of piperidine rings is 1. The van der Waals surface area contributed by atoms with Crippen molar-refractivity contribution in [3.63, 3.8) is 0 Å². The van der Waals surface area contributed by atoms with Gasteiger partial charge in [-0.15, -0.1) is 0 Å². The Balaban J connectivity index is 1.91. The monoisotopic (exact) mass is 338 g/mol. The van der Waals surface area contributed by atoms with Crippen LogP contribution < -0.4 is 5.32 Å². The molecule has 2 rings (SSSR count). The van der Waals surface area contributed by atoms with Crippen LogP contribution in [0.1, 0.15) is 37.8 Å². The predicted octanol–water partition coefficient (Wildman–Crippen LogP) is 2.64. The van der Waals surface area contributed by atoms with Gasteiger partial charge in [-0.2, -0.15) is 0 Å². The topological polar surface area (TPSA) is 49.4 Å². The molecule has 1 aromatic rings. The number of carbonyl (C=O) groups is 2. The molecule has 1 aliphatic rings. The molecular weight excluding hydrogens is 320 g/mol. The number of likely N-dealkylation sites (tertiary alicyclic amines) is 1. The van der Waals surface area contributed by atoms with Crippen LogP contribution in [0.25, 0.3) is 0 Å². The summed E-state index contributed by atoms with van der Waals surface area (Å²) in [6.45, 7) is 2.79. The van der Waals surface area contributed by atoms with Crippen molar-refractivity contribution in [1.29, 1.82) is 0 Å². The number of halogens is 1. The molecule has 20 heavy (non-hydrogen) atoms. The van der Waals surface area contributed by atoms with Crippen LogP contribution in [0.4, 0.5) is 0 Å². The van der Waals surface area contributed by atoms with Crippen molar-refractivity contribution in [2.75, 3.05) is 13.1 Å². The lowest BCUT2D eigenvalue weighted by molar-refractivity contribution is -0.138. The summed E-state index contributed by atoms with van der Waals surface area (Å²) in [5.41, 5.74) is 1.03. The minimum absolute atomic E-state index is 0.0833. The van der Waals surface area contributed by atoms with Crippen molar-refractivity contribution >= 4 is 27.7 Å². The number of nitrogens with zero attached hydrogens (tertiary/aromatic N) is 1. The predicted molar refractivity (Wildman–Crippen MR) is 81.1 cm³/mol. The van der Waals surface area contributed by atoms with E-state index in [9.17, 15) is 9.59 Å². The standard InChI is InChI=1S/C15H19BrN2O2/c1-11(12-6-2-3-7-13(12)16)17-14(19)10-18-9-5-4-8-15(18)20/h2-3,6-7,11H,4-5,8-10H2,1H3,(H,17,19). The number of hydrogen-bond acceptors (Lipinski definition) is 2. The fourth-order valence-electron chi connectivity index (χ4n) is 2.39. The van der Waals surface area contributed by atoms with Crippen LogP contribution in [-0.4, -0.2) is 29.8 Å². The van der Waals surface area contributed by atoms with Crippen LogP contribution in [0.15, 0.2) is 28.7 Å². The lowest BCUT2D eigenvalue weighted by Crippen LogP contribution is -2.43. The summed E-state index contributed by atoms with van der Waals surface area (Å²) >= 11 is 3.48. The van der Waals surface area contributed by atoms with Crippen molar-refractivity contribution in [3.05, 3.63) is 34.3 Å². The third kappa shape index (κ3) is 3.82. The molecule has 1 aliphatic heterocycles. The smallest absolute Gasteiger partial charge is 0.240 e. The van der Waals surface area contributed by atoms with Gasteiger partial charge in [0.2, 0.25) is 11.8 Å². The molecule has 1 unspecified atom stereocenters. The third-order valence-corrected chi connectivity index (χ3v) is 4.23. The van der Waals surface area contributed by atoms with Crippen LogP contribution in [-0.2, 0) is 9.59 Å². The van der Waals surface area contributed by atoms with Crippen molar-refractivity contribution < 1.29 is 9.59 Å². The Hall–Kier alpha value is -1.36. The summed E-state index contributed by atoms with van der Waals surface area (Å²) in [5.74, 6) is -0.0246. The molecule has 5 heteroatoms. The van der Waals surface area contributed by atoms with Gasteiger partial charge in [0.05, 0.1) is 12.6 Å².